The summed E-state index contributed by atoms with van der Waals surface area (Å²) in [4.78, 5) is 0. The maximum absolute atomic E-state index is 2.30. The molecule has 0 aromatic carbocycles. The Balaban J connectivity index is 3.41. The molecule has 0 atom stereocenters. The Kier molecular flexibility index (Phi) is 6.73. The molecule has 0 saturated carbocycles. The van der Waals surface area contributed by atoms with E-state index < -0.39 is 0 Å². The van der Waals surface area contributed by atoms with Crippen LogP contribution in [-0.4, -0.2) is 41.4 Å². The fourth-order valence-electron chi connectivity index (χ4n) is 0.567. The summed E-state index contributed by atoms with van der Waals surface area (Å²) < 4.78 is 4.51. The molecule has 0 aromatic heterocycles. The Morgan fingerprint density at radius 2 is 1.80 bits per heavy atom. The Hall–Kier alpha value is 0.620. The summed E-state index contributed by atoms with van der Waals surface area (Å²) in [5.41, 5.74) is 0. The zero-order valence-electron chi connectivity index (χ0n) is 7.13. The predicted octanol–water partition coefficient (Wildman–Crippen LogP) is 1.75. The quantitative estimate of drug-likeness (QED) is 0.469. The summed E-state index contributed by atoms with van der Waals surface area (Å²) in [5.74, 6) is 0. The lowest BCUT2D eigenvalue weighted by molar-refractivity contribution is 0.376. The molecule has 0 rings (SSSR count). The molecule has 0 unspecified atom stereocenters. The first kappa shape index (κ1) is 10.6. The zero-order chi connectivity index (χ0) is 7.98. The second-order valence-corrected chi connectivity index (χ2v) is 3.80. The summed E-state index contributed by atoms with van der Waals surface area (Å²) in [6, 6.07) is 0. The lowest BCUT2D eigenvalue weighted by Crippen LogP contribution is -2.26. The minimum absolute atomic E-state index is 1.03. The lowest BCUT2D eigenvalue weighted by atomic mass is 10.7. The largest absolute Gasteiger partial charge is 0.239 e. The highest BCUT2D eigenvalue weighted by atomic mass is 32.2. The van der Waals surface area contributed by atoms with Crippen molar-refractivity contribution in [1.29, 1.82) is 0 Å². The molecule has 0 aliphatic carbocycles. The van der Waals surface area contributed by atoms with Crippen LogP contribution in [0, 0.1) is 0 Å². The van der Waals surface area contributed by atoms with Crippen LogP contribution in [0.3, 0.4) is 0 Å². The van der Waals surface area contributed by atoms with Crippen LogP contribution in [0.15, 0.2) is 0 Å². The van der Waals surface area contributed by atoms with Gasteiger partial charge < -0.3 is 0 Å². The van der Waals surface area contributed by atoms with Gasteiger partial charge >= 0.3 is 0 Å². The van der Waals surface area contributed by atoms with Crippen molar-refractivity contribution < 1.29 is 0 Å². The Bertz CT molecular complexity index is 76.1. The van der Waals surface area contributed by atoms with Crippen molar-refractivity contribution in [3.63, 3.8) is 0 Å². The summed E-state index contributed by atoms with van der Waals surface area (Å²) >= 11 is 3.55. The standard InChI is InChI=1S/C6H16N2S2/c1-5-8(10-4)6-7(2)9-3/h5-6H2,1-4H3. The van der Waals surface area contributed by atoms with Crippen LogP contribution in [0.2, 0.25) is 0 Å². The molecule has 0 aliphatic heterocycles. The molecule has 0 saturated heterocycles. The minimum Gasteiger partial charge on any atom is -0.239 e. The highest BCUT2D eigenvalue weighted by Crippen LogP contribution is 2.08. The first-order valence-corrected chi connectivity index (χ1v) is 5.65. The van der Waals surface area contributed by atoms with Gasteiger partial charge in [-0.3, -0.25) is 0 Å². The van der Waals surface area contributed by atoms with Gasteiger partial charge in [0.25, 0.3) is 0 Å². The van der Waals surface area contributed by atoms with Crippen molar-refractivity contribution in [2.45, 2.75) is 6.92 Å². The monoisotopic (exact) mass is 180 g/mol. The SMILES string of the molecule is CCN(CN(C)SC)SC. The first-order chi connectivity index (χ1) is 4.74. The van der Waals surface area contributed by atoms with Gasteiger partial charge in [-0.2, -0.15) is 0 Å². The van der Waals surface area contributed by atoms with Crippen LogP contribution in [0.5, 0.6) is 0 Å². The fraction of sp³-hybridized carbons (Fsp3) is 1.00. The molecule has 0 amide bonds. The third-order valence-corrected chi connectivity index (χ3v) is 2.91. The third kappa shape index (κ3) is 4.44. The minimum atomic E-state index is 1.03. The second kappa shape index (κ2) is 6.34. The maximum atomic E-state index is 2.30. The van der Waals surface area contributed by atoms with Gasteiger partial charge in [0.2, 0.25) is 0 Å². The van der Waals surface area contributed by atoms with Crippen molar-refractivity contribution >= 4 is 23.9 Å². The molecule has 2 nitrogen and oxygen atoms in total. The van der Waals surface area contributed by atoms with Crippen LogP contribution < -0.4 is 0 Å². The number of hydrogen-bond acceptors (Lipinski definition) is 4. The highest BCUT2D eigenvalue weighted by molar-refractivity contribution is 7.97. The normalized spacial score (nSPS) is 11.4. The van der Waals surface area contributed by atoms with Gasteiger partial charge in [-0.1, -0.05) is 30.8 Å². The summed E-state index contributed by atoms with van der Waals surface area (Å²) in [6.45, 7) is 4.30. The van der Waals surface area contributed by atoms with E-state index in [2.05, 4.69) is 35.1 Å². The molecule has 0 aromatic rings. The topological polar surface area (TPSA) is 6.48 Å². The Morgan fingerprint density at radius 3 is 2.10 bits per heavy atom. The van der Waals surface area contributed by atoms with Gasteiger partial charge in [-0.25, -0.2) is 8.61 Å². The van der Waals surface area contributed by atoms with Gasteiger partial charge in [0.15, 0.2) is 0 Å². The molecule has 0 spiro atoms. The van der Waals surface area contributed by atoms with Crippen LogP contribution in [0.25, 0.3) is 0 Å². The maximum Gasteiger partial charge on any atom is 0.0700 e. The van der Waals surface area contributed by atoms with E-state index in [-0.39, 0.29) is 0 Å². The van der Waals surface area contributed by atoms with Crippen LogP contribution in [-0.2, 0) is 0 Å². The summed E-state index contributed by atoms with van der Waals surface area (Å²) in [7, 11) is 2.10. The average molecular weight is 180 g/mol. The molecule has 0 fully saturated rings. The van der Waals surface area contributed by atoms with E-state index in [1.807, 2.05) is 0 Å². The van der Waals surface area contributed by atoms with Gasteiger partial charge in [-0.05, 0) is 19.6 Å². The molecule has 10 heavy (non-hydrogen) atoms. The molecule has 4 heteroatoms. The van der Waals surface area contributed by atoms with Gasteiger partial charge in [0.05, 0.1) is 6.67 Å². The molecule has 0 radical (unpaired) electrons. The van der Waals surface area contributed by atoms with E-state index in [1.54, 1.807) is 23.9 Å². The summed E-state index contributed by atoms with van der Waals surface area (Å²) in [5, 5.41) is 0. The fourth-order valence-corrected chi connectivity index (χ4v) is 1.44. The zero-order valence-corrected chi connectivity index (χ0v) is 8.76. The van der Waals surface area contributed by atoms with E-state index in [0.29, 0.717) is 0 Å². The number of rotatable bonds is 5. The Labute approximate surface area is 72.6 Å². The number of nitrogens with zero attached hydrogens (tertiary/aromatic N) is 2. The molecular weight excluding hydrogens is 164 g/mol. The highest BCUT2D eigenvalue weighted by Gasteiger charge is 2.01. The van der Waals surface area contributed by atoms with E-state index in [4.69, 9.17) is 0 Å². The molecule has 0 heterocycles. The van der Waals surface area contributed by atoms with Crippen LogP contribution in [0.4, 0.5) is 0 Å². The Morgan fingerprint density at radius 1 is 1.20 bits per heavy atom. The number of hydrogen-bond donors (Lipinski definition) is 0. The van der Waals surface area contributed by atoms with E-state index >= 15 is 0 Å². The molecule has 0 N–H and O–H groups in total. The van der Waals surface area contributed by atoms with E-state index in [9.17, 15) is 0 Å². The van der Waals surface area contributed by atoms with Gasteiger partial charge in [0, 0.05) is 6.54 Å². The van der Waals surface area contributed by atoms with Crippen molar-refractivity contribution in [3.05, 3.63) is 0 Å². The second-order valence-electron chi connectivity index (χ2n) is 1.93. The molecule has 0 bridgehead atoms. The van der Waals surface area contributed by atoms with Crippen LogP contribution >= 0.6 is 23.9 Å². The van der Waals surface area contributed by atoms with Crippen molar-refractivity contribution in [2.75, 3.05) is 32.8 Å². The van der Waals surface area contributed by atoms with Crippen LogP contribution in [0.1, 0.15) is 6.92 Å². The van der Waals surface area contributed by atoms with Crippen molar-refractivity contribution in [1.82, 2.24) is 8.61 Å². The molecule has 62 valence electrons. The van der Waals surface area contributed by atoms with Crippen molar-refractivity contribution in [3.8, 4) is 0 Å². The summed E-state index contributed by atoms with van der Waals surface area (Å²) in [6.07, 6.45) is 4.20. The predicted molar refractivity (Wildman–Crippen MR) is 52.0 cm³/mol. The average Bonchev–Trinajstić information content (AvgIpc) is 1.99. The van der Waals surface area contributed by atoms with Gasteiger partial charge in [0.1, 0.15) is 0 Å². The molecule has 0 aliphatic rings. The van der Waals surface area contributed by atoms with Gasteiger partial charge in [-0.15, -0.1) is 0 Å². The smallest absolute Gasteiger partial charge is 0.0700 e. The first-order valence-electron chi connectivity index (χ1n) is 3.28. The third-order valence-electron chi connectivity index (χ3n) is 1.28. The van der Waals surface area contributed by atoms with E-state index in [1.165, 1.54) is 0 Å². The van der Waals surface area contributed by atoms with Crippen molar-refractivity contribution in [2.24, 2.45) is 0 Å². The molecular formula is C6H16N2S2. The van der Waals surface area contributed by atoms with E-state index in [0.717, 1.165) is 13.2 Å². The lowest BCUT2D eigenvalue weighted by Gasteiger charge is -2.22.